The molecule has 0 amide bonds. The van der Waals surface area contributed by atoms with Crippen LogP contribution in [0.2, 0.25) is 0 Å². The lowest BCUT2D eigenvalue weighted by atomic mass is 10.1. The Kier molecular flexibility index (Phi) is 4.55. The smallest absolute Gasteiger partial charge is 0.311 e. The van der Waals surface area contributed by atoms with Gasteiger partial charge in [-0.15, -0.1) is 11.3 Å². The fraction of sp³-hybridized carbons (Fsp3) is 0.231. The molecule has 1 aromatic heterocycles. The Morgan fingerprint density at radius 3 is 2.74 bits per heavy atom. The minimum Gasteiger partial charge on any atom is -0.481 e. The number of aryl methyl sites for hydroxylation is 1. The zero-order chi connectivity index (χ0) is 13.8. The van der Waals surface area contributed by atoms with Crippen molar-refractivity contribution in [2.45, 2.75) is 20.0 Å². The quantitative estimate of drug-likeness (QED) is 0.591. The highest BCUT2D eigenvalue weighted by atomic mass is 79.9. The highest BCUT2D eigenvalue weighted by molar-refractivity contribution is 9.11. The summed E-state index contributed by atoms with van der Waals surface area (Å²) in [6.07, 6.45) is 0.763. The Hall–Kier alpha value is -1.40. The topological polar surface area (TPSA) is 52.4 Å². The summed E-state index contributed by atoms with van der Waals surface area (Å²) >= 11 is 4.92. The number of thiophene rings is 1. The first-order chi connectivity index (χ1) is 9.10. The predicted molar refractivity (Wildman–Crippen MR) is 78.8 cm³/mol. The fourth-order valence-electron chi connectivity index (χ4n) is 1.63. The van der Waals surface area contributed by atoms with E-state index in [0.29, 0.717) is 12.4 Å². The van der Waals surface area contributed by atoms with E-state index in [1.807, 2.05) is 25.1 Å². The van der Waals surface area contributed by atoms with Crippen molar-refractivity contribution in [3.05, 3.63) is 54.7 Å². The van der Waals surface area contributed by atoms with Gasteiger partial charge in [-0.25, -0.2) is 0 Å². The largest absolute Gasteiger partial charge is 0.481 e. The number of hydrogen-bond donors (Lipinski definition) is 0. The van der Waals surface area contributed by atoms with Gasteiger partial charge in [0.05, 0.1) is 8.71 Å². The molecular weight excluding hydrogens is 330 g/mol. The lowest BCUT2D eigenvalue weighted by Crippen LogP contribution is -1.98. The zero-order valence-electron chi connectivity index (χ0n) is 10.3. The van der Waals surface area contributed by atoms with Gasteiger partial charge in [-0.3, -0.25) is 10.1 Å². The molecule has 4 nitrogen and oxygen atoms in total. The van der Waals surface area contributed by atoms with Crippen molar-refractivity contribution < 1.29 is 9.66 Å². The SMILES string of the molecule is CCc1ccc(OCc2ccc(Br)s2)c([N+](=O)[O-])c1. The lowest BCUT2D eigenvalue weighted by Gasteiger charge is -2.06. The molecule has 0 saturated heterocycles. The molecule has 0 aliphatic rings. The van der Waals surface area contributed by atoms with Gasteiger partial charge in [0.1, 0.15) is 6.61 Å². The van der Waals surface area contributed by atoms with E-state index in [4.69, 9.17) is 4.74 Å². The maximum absolute atomic E-state index is 11.0. The van der Waals surface area contributed by atoms with E-state index in [9.17, 15) is 10.1 Å². The molecule has 0 N–H and O–H groups in total. The van der Waals surface area contributed by atoms with E-state index in [2.05, 4.69) is 15.9 Å². The second-order valence-corrected chi connectivity index (χ2v) is 6.45. The molecule has 1 aromatic carbocycles. The third-order valence-corrected chi connectivity index (χ3v) is 4.22. The van der Waals surface area contributed by atoms with Crippen molar-refractivity contribution in [2.75, 3.05) is 0 Å². The molecule has 0 atom stereocenters. The van der Waals surface area contributed by atoms with Gasteiger partial charge >= 0.3 is 5.69 Å². The number of rotatable bonds is 5. The fourth-order valence-corrected chi connectivity index (χ4v) is 3.02. The van der Waals surface area contributed by atoms with Gasteiger partial charge in [-0.1, -0.05) is 13.0 Å². The Morgan fingerprint density at radius 1 is 1.37 bits per heavy atom. The average Bonchev–Trinajstić information content (AvgIpc) is 2.82. The normalized spacial score (nSPS) is 10.4. The molecule has 1 heterocycles. The van der Waals surface area contributed by atoms with Crippen molar-refractivity contribution in [3.8, 4) is 5.75 Å². The summed E-state index contributed by atoms with van der Waals surface area (Å²) in [6, 6.07) is 8.95. The van der Waals surface area contributed by atoms with Crippen LogP contribution in [0.1, 0.15) is 17.4 Å². The summed E-state index contributed by atoms with van der Waals surface area (Å²) in [5, 5.41) is 11.0. The molecule has 19 heavy (non-hydrogen) atoms. The molecule has 0 saturated carbocycles. The summed E-state index contributed by atoms with van der Waals surface area (Å²) in [5.41, 5.74) is 0.952. The number of nitrogens with zero attached hydrogens (tertiary/aromatic N) is 1. The van der Waals surface area contributed by atoms with Crippen LogP contribution in [0, 0.1) is 10.1 Å². The molecule has 0 aliphatic heterocycles. The van der Waals surface area contributed by atoms with E-state index in [-0.39, 0.29) is 5.69 Å². The van der Waals surface area contributed by atoms with E-state index in [1.54, 1.807) is 23.5 Å². The molecule has 0 aliphatic carbocycles. The summed E-state index contributed by atoms with van der Waals surface area (Å²) in [5.74, 6) is 0.312. The Morgan fingerprint density at radius 2 is 2.16 bits per heavy atom. The van der Waals surface area contributed by atoms with Crippen LogP contribution in [0.4, 0.5) is 5.69 Å². The number of nitro groups is 1. The average molecular weight is 342 g/mol. The number of halogens is 1. The van der Waals surface area contributed by atoms with Crippen LogP contribution < -0.4 is 4.74 Å². The van der Waals surface area contributed by atoms with E-state index in [1.165, 1.54) is 0 Å². The third kappa shape index (κ3) is 3.54. The van der Waals surface area contributed by atoms with Crippen LogP contribution in [-0.4, -0.2) is 4.92 Å². The van der Waals surface area contributed by atoms with Crippen molar-refractivity contribution in [3.63, 3.8) is 0 Å². The molecule has 6 heteroatoms. The molecule has 2 aromatic rings. The van der Waals surface area contributed by atoms with E-state index in [0.717, 1.165) is 20.6 Å². The summed E-state index contributed by atoms with van der Waals surface area (Å²) in [6.45, 7) is 2.30. The van der Waals surface area contributed by atoms with Gasteiger partial charge in [-0.2, -0.15) is 0 Å². The summed E-state index contributed by atoms with van der Waals surface area (Å²) in [4.78, 5) is 11.6. The molecule has 0 bridgehead atoms. The number of ether oxygens (including phenoxy) is 1. The van der Waals surface area contributed by atoms with Crippen LogP contribution in [0.15, 0.2) is 34.1 Å². The monoisotopic (exact) mass is 341 g/mol. The third-order valence-electron chi connectivity index (χ3n) is 2.63. The predicted octanol–water partition coefficient (Wildman–Crippen LogP) is 4.56. The highest BCUT2D eigenvalue weighted by Gasteiger charge is 2.15. The van der Waals surface area contributed by atoms with Crippen LogP contribution in [0.25, 0.3) is 0 Å². The molecule has 0 radical (unpaired) electrons. The molecule has 0 unspecified atom stereocenters. The summed E-state index contributed by atoms with van der Waals surface area (Å²) in [7, 11) is 0. The van der Waals surface area contributed by atoms with Crippen molar-refractivity contribution in [1.82, 2.24) is 0 Å². The summed E-state index contributed by atoms with van der Waals surface area (Å²) < 4.78 is 6.56. The maximum Gasteiger partial charge on any atom is 0.311 e. The first-order valence-electron chi connectivity index (χ1n) is 5.74. The van der Waals surface area contributed by atoms with Crippen molar-refractivity contribution >= 4 is 33.0 Å². The van der Waals surface area contributed by atoms with Gasteiger partial charge in [0.2, 0.25) is 0 Å². The Balaban J connectivity index is 2.17. The van der Waals surface area contributed by atoms with Gasteiger partial charge in [0, 0.05) is 10.9 Å². The highest BCUT2D eigenvalue weighted by Crippen LogP contribution is 2.30. The van der Waals surface area contributed by atoms with Gasteiger partial charge < -0.3 is 4.74 Å². The maximum atomic E-state index is 11.0. The van der Waals surface area contributed by atoms with Crippen LogP contribution >= 0.6 is 27.3 Å². The molecule has 0 spiro atoms. The lowest BCUT2D eigenvalue weighted by molar-refractivity contribution is -0.386. The molecular formula is C13H12BrNO3S. The molecule has 2 rings (SSSR count). The molecule has 0 fully saturated rings. The number of nitro benzene ring substituents is 1. The Bertz CT molecular complexity index is 597. The number of hydrogen-bond acceptors (Lipinski definition) is 4. The minimum absolute atomic E-state index is 0.0231. The van der Waals surface area contributed by atoms with Crippen molar-refractivity contribution in [2.24, 2.45) is 0 Å². The van der Waals surface area contributed by atoms with E-state index >= 15 is 0 Å². The van der Waals surface area contributed by atoms with Gasteiger partial charge in [-0.05, 0) is 46.1 Å². The van der Waals surface area contributed by atoms with Gasteiger partial charge in [0.15, 0.2) is 5.75 Å². The van der Waals surface area contributed by atoms with Crippen LogP contribution in [-0.2, 0) is 13.0 Å². The van der Waals surface area contributed by atoms with Crippen LogP contribution in [0.3, 0.4) is 0 Å². The second-order valence-electron chi connectivity index (χ2n) is 3.91. The zero-order valence-corrected chi connectivity index (χ0v) is 12.7. The standard InChI is InChI=1S/C13H12BrNO3S/c1-2-9-3-5-12(11(7-9)15(16)17)18-8-10-4-6-13(14)19-10/h3-7H,2,8H2,1H3. The first kappa shape index (κ1) is 14.0. The van der Waals surface area contributed by atoms with E-state index < -0.39 is 4.92 Å². The number of benzene rings is 1. The van der Waals surface area contributed by atoms with Crippen LogP contribution in [0.5, 0.6) is 5.75 Å². The van der Waals surface area contributed by atoms with Gasteiger partial charge in [0.25, 0.3) is 0 Å². The van der Waals surface area contributed by atoms with Crippen molar-refractivity contribution in [1.29, 1.82) is 0 Å². The second kappa shape index (κ2) is 6.16. The Labute approximate surface area is 123 Å². The first-order valence-corrected chi connectivity index (χ1v) is 7.35. The minimum atomic E-state index is -0.404. The molecule has 100 valence electrons.